The van der Waals surface area contributed by atoms with Crippen LogP contribution in [0.4, 0.5) is 4.39 Å². The normalized spacial score (nSPS) is 12.3. The fraction of sp³-hybridized carbons (Fsp3) is 0.533. The Morgan fingerprint density at radius 2 is 2.18 bits per heavy atom. The van der Waals surface area contributed by atoms with Crippen LogP contribution in [0.1, 0.15) is 13.3 Å². The van der Waals surface area contributed by atoms with Crippen molar-refractivity contribution < 1.29 is 9.13 Å². The van der Waals surface area contributed by atoms with E-state index in [1.165, 1.54) is 12.1 Å². The third kappa shape index (κ3) is 9.34. The average molecular weight is 441 g/mol. The lowest BCUT2D eigenvalue weighted by molar-refractivity contribution is 0.223. The van der Waals surface area contributed by atoms with Crippen molar-refractivity contribution in [1.29, 1.82) is 0 Å². The van der Waals surface area contributed by atoms with Gasteiger partial charge in [-0.05, 0) is 37.5 Å². The van der Waals surface area contributed by atoms with Gasteiger partial charge in [-0.15, -0.1) is 24.0 Å². The Bertz CT molecular complexity index is 449. The van der Waals surface area contributed by atoms with Crippen molar-refractivity contribution in [2.45, 2.75) is 19.4 Å². The molecule has 0 bridgehead atoms. The van der Waals surface area contributed by atoms with Crippen LogP contribution in [0.3, 0.4) is 0 Å². The van der Waals surface area contributed by atoms with Crippen LogP contribution in [0.25, 0.3) is 0 Å². The van der Waals surface area contributed by atoms with Gasteiger partial charge in [-0.25, -0.2) is 4.39 Å². The Labute approximate surface area is 153 Å². The summed E-state index contributed by atoms with van der Waals surface area (Å²) in [6.07, 6.45) is 3.10. The lowest BCUT2D eigenvalue weighted by Crippen LogP contribution is -2.42. The maximum Gasteiger partial charge on any atom is 0.191 e. The number of benzene rings is 1. The van der Waals surface area contributed by atoms with E-state index in [0.717, 1.165) is 24.7 Å². The second-order valence-electron chi connectivity index (χ2n) is 4.61. The highest BCUT2D eigenvalue weighted by Crippen LogP contribution is 2.13. The number of halogens is 2. The molecule has 0 aliphatic rings. The summed E-state index contributed by atoms with van der Waals surface area (Å²) >= 11 is 1.83. The largest absolute Gasteiger partial charge is 0.489 e. The second kappa shape index (κ2) is 12.8. The summed E-state index contributed by atoms with van der Waals surface area (Å²) in [6, 6.07) is 6.16. The quantitative estimate of drug-likeness (QED) is 0.282. The van der Waals surface area contributed by atoms with E-state index in [1.54, 1.807) is 19.2 Å². The third-order valence-corrected chi connectivity index (χ3v) is 3.43. The van der Waals surface area contributed by atoms with E-state index >= 15 is 0 Å². The fourth-order valence-electron chi connectivity index (χ4n) is 1.70. The Kier molecular flexibility index (Phi) is 12.4. The van der Waals surface area contributed by atoms with Gasteiger partial charge in [0.15, 0.2) is 5.96 Å². The number of hydrogen-bond donors (Lipinski definition) is 2. The minimum absolute atomic E-state index is 0. The van der Waals surface area contributed by atoms with Crippen LogP contribution < -0.4 is 15.4 Å². The van der Waals surface area contributed by atoms with Gasteiger partial charge in [-0.2, -0.15) is 11.8 Å². The van der Waals surface area contributed by atoms with Crippen molar-refractivity contribution in [1.82, 2.24) is 10.6 Å². The molecule has 1 atom stereocenters. The molecular weight excluding hydrogens is 416 g/mol. The number of thioether (sulfide) groups is 1. The summed E-state index contributed by atoms with van der Waals surface area (Å²) in [5.74, 6) is 2.13. The molecule has 0 spiro atoms. The predicted octanol–water partition coefficient (Wildman–Crippen LogP) is 3.13. The number of ether oxygens (including phenoxy) is 1. The van der Waals surface area contributed by atoms with Gasteiger partial charge >= 0.3 is 0 Å². The molecule has 0 fully saturated rings. The third-order valence-electron chi connectivity index (χ3n) is 2.73. The van der Waals surface area contributed by atoms with Gasteiger partial charge in [0, 0.05) is 19.7 Å². The molecule has 1 aromatic rings. The average Bonchev–Trinajstić information content (AvgIpc) is 2.46. The Morgan fingerprint density at radius 1 is 1.41 bits per heavy atom. The summed E-state index contributed by atoms with van der Waals surface area (Å²) in [4.78, 5) is 4.15. The summed E-state index contributed by atoms with van der Waals surface area (Å²) in [5, 5.41) is 6.44. The number of hydrogen-bond acceptors (Lipinski definition) is 3. The monoisotopic (exact) mass is 441 g/mol. The zero-order valence-electron chi connectivity index (χ0n) is 13.3. The van der Waals surface area contributed by atoms with Crippen LogP contribution in [-0.4, -0.2) is 44.2 Å². The first-order chi connectivity index (χ1) is 10.2. The van der Waals surface area contributed by atoms with Crippen LogP contribution in [0, 0.1) is 5.82 Å². The molecule has 0 aliphatic carbocycles. The van der Waals surface area contributed by atoms with E-state index in [-0.39, 0.29) is 35.9 Å². The van der Waals surface area contributed by atoms with E-state index in [4.69, 9.17) is 4.74 Å². The van der Waals surface area contributed by atoms with Crippen molar-refractivity contribution in [3.8, 4) is 5.75 Å². The fourth-order valence-corrected chi connectivity index (χ4v) is 2.13. The molecule has 4 nitrogen and oxygen atoms in total. The van der Waals surface area contributed by atoms with E-state index in [0.29, 0.717) is 12.3 Å². The van der Waals surface area contributed by atoms with Gasteiger partial charge in [-0.3, -0.25) is 4.99 Å². The molecule has 0 saturated heterocycles. The molecule has 0 amide bonds. The maximum absolute atomic E-state index is 13.1. The van der Waals surface area contributed by atoms with Gasteiger partial charge in [0.25, 0.3) is 0 Å². The number of guanidine groups is 1. The molecule has 126 valence electrons. The van der Waals surface area contributed by atoms with Gasteiger partial charge in [-0.1, -0.05) is 6.07 Å². The van der Waals surface area contributed by atoms with Crippen LogP contribution in [-0.2, 0) is 0 Å². The summed E-state index contributed by atoms with van der Waals surface area (Å²) in [6.45, 7) is 3.41. The van der Waals surface area contributed by atoms with Crippen LogP contribution in [0.15, 0.2) is 29.3 Å². The lowest BCUT2D eigenvalue weighted by atomic mass is 10.3. The maximum atomic E-state index is 13.1. The van der Waals surface area contributed by atoms with Crippen molar-refractivity contribution in [2.24, 2.45) is 4.99 Å². The first-order valence-corrected chi connectivity index (χ1v) is 8.40. The van der Waals surface area contributed by atoms with Crippen molar-refractivity contribution in [2.75, 3.05) is 32.1 Å². The molecule has 1 unspecified atom stereocenters. The van der Waals surface area contributed by atoms with E-state index in [2.05, 4.69) is 21.9 Å². The highest BCUT2D eigenvalue weighted by atomic mass is 127. The van der Waals surface area contributed by atoms with Crippen LogP contribution >= 0.6 is 35.7 Å². The Hall–Kier alpha value is -0.700. The number of nitrogens with one attached hydrogen (secondary N) is 2. The highest BCUT2D eigenvalue weighted by molar-refractivity contribution is 14.0. The summed E-state index contributed by atoms with van der Waals surface area (Å²) < 4.78 is 18.7. The first kappa shape index (κ1) is 21.3. The van der Waals surface area contributed by atoms with E-state index in [1.807, 2.05) is 18.7 Å². The zero-order valence-corrected chi connectivity index (χ0v) is 16.4. The first-order valence-electron chi connectivity index (χ1n) is 7.01. The number of aliphatic imine (C=N–C) groups is 1. The molecule has 1 rings (SSSR count). The van der Waals surface area contributed by atoms with Gasteiger partial charge < -0.3 is 15.4 Å². The lowest BCUT2D eigenvalue weighted by Gasteiger charge is -2.17. The number of nitrogens with zero attached hydrogens (tertiary/aromatic N) is 1. The zero-order chi connectivity index (χ0) is 15.5. The van der Waals surface area contributed by atoms with Crippen molar-refractivity contribution in [3.63, 3.8) is 0 Å². The minimum Gasteiger partial charge on any atom is -0.489 e. The minimum atomic E-state index is -0.293. The smallest absolute Gasteiger partial charge is 0.191 e. The standard InChI is InChI=1S/C15H24FN3OS.HI/c1-12(20-14-7-4-6-13(16)10-14)11-19-15(17-2)18-8-5-9-21-3;/h4,6-7,10,12H,5,8-9,11H2,1-3H3,(H2,17,18,19);1H. The molecule has 22 heavy (non-hydrogen) atoms. The van der Waals surface area contributed by atoms with Crippen molar-refractivity contribution >= 4 is 41.7 Å². The molecule has 0 heterocycles. The topological polar surface area (TPSA) is 45.7 Å². The van der Waals surface area contributed by atoms with Gasteiger partial charge in [0.1, 0.15) is 17.7 Å². The number of rotatable bonds is 8. The molecule has 1 aromatic carbocycles. The molecule has 0 saturated carbocycles. The van der Waals surface area contributed by atoms with E-state index in [9.17, 15) is 4.39 Å². The van der Waals surface area contributed by atoms with Gasteiger partial charge in [0.2, 0.25) is 0 Å². The van der Waals surface area contributed by atoms with Crippen LogP contribution in [0.2, 0.25) is 0 Å². The molecule has 0 radical (unpaired) electrons. The Morgan fingerprint density at radius 3 is 2.82 bits per heavy atom. The van der Waals surface area contributed by atoms with Gasteiger partial charge in [0.05, 0.1) is 6.54 Å². The summed E-state index contributed by atoms with van der Waals surface area (Å²) in [5.41, 5.74) is 0. The van der Waals surface area contributed by atoms with Crippen LogP contribution in [0.5, 0.6) is 5.75 Å². The SMILES string of the molecule is CN=C(NCCCSC)NCC(C)Oc1cccc(F)c1.I. The molecule has 0 aromatic heterocycles. The predicted molar refractivity (Wildman–Crippen MR) is 104 cm³/mol. The Balaban J connectivity index is 0.00000441. The molecular formula is C15H25FIN3OS. The molecule has 7 heteroatoms. The molecule has 2 N–H and O–H groups in total. The van der Waals surface area contributed by atoms with E-state index < -0.39 is 0 Å². The van der Waals surface area contributed by atoms with Crippen molar-refractivity contribution in [3.05, 3.63) is 30.1 Å². The second-order valence-corrected chi connectivity index (χ2v) is 5.60. The molecule has 0 aliphatic heterocycles. The highest BCUT2D eigenvalue weighted by Gasteiger charge is 2.06. The summed E-state index contributed by atoms with van der Waals surface area (Å²) in [7, 11) is 1.74.